The maximum Gasteiger partial charge on any atom is 0.129 e. The van der Waals surface area contributed by atoms with Crippen LogP contribution in [0.5, 0.6) is 0 Å². The molecule has 2 heterocycles. The van der Waals surface area contributed by atoms with Gasteiger partial charge in [0.15, 0.2) is 0 Å². The number of benzene rings is 2. The molecule has 0 radical (unpaired) electrons. The molecular weight excluding hydrogens is 349 g/mol. The molecule has 0 spiro atoms. The Bertz CT molecular complexity index is 983. The van der Waals surface area contributed by atoms with Crippen LogP contribution in [0.1, 0.15) is 35.2 Å². The molecule has 0 aromatic heterocycles. The molecule has 4 nitrogen and oxygen atoms in total. The van der Waals surface area contributed by atoms with Crippen LogP contribution in [0.3, 0.4) is 0 Å². The molecule has 2 aromatic carbocycles. The Morgan fingerprint density at radius 3 is 2.69 bits per heavy atom. The zero-order chi connectivity index (χ0) is 18.4. The predicted molar refractivity (Wildman–Crippen MR) is 107 cm³/mol. The average molecular weight is 369 g/mol. The summed E-state index contributed by atoms with van der Waals surface area (Å²) in [5.41, 5.74) is 11.1. The van der Waals surface area contributed by atoms with Crippen LogP contribution in [-0.4, -0.2) is 21.0 Å². The van der Waals surface area contributed by atoms with E-state index in [-0.39, 0.29) is 16.8 Å². The maximum absolute atomic E-state index is 14.8. The van der Waals surface area contributed by atoms with Gasteiger partial charge in [-0.25, -0.2) is 4.39 Å². The fourth-order valence-electron chi connectivity index (χ4n) is 3.27. The zero-order valence-electron chi connectivity index (χ0n) is 14.6. The molecule has 3 atom stereocenters. The highest BCUT2D eigenvalue weighted by Crippen LogP contribution is 2.35. The molecule has 134 valence electrons. The third-order valence-corrected chi connectivity index (χ3v) is 6.56. The molecule has 2 aliphatic rings. The summed E-state index contributed by atoms with van der Waals surface area (Å²) >= 11 is 0. The van der Waals surface area contributed by atoms with Gasteiger partial charge in [0.25, 0.3) is 0 Å². The number of aryl methyl sites for hydroxylation is 1. The summed E-state index contributed by atoms with van der Waals surface area (Å²) in [5.74, 6) is 0.247. The SMILES string of the molecule is Cc1ccc2c(c1)Nc1cc(C3CS(=O)C(C)C(N)=N3)c(F)cc1C=C2. The first kappa shape index (κ1) is 17.0. The minimum atomic E-state index is -1.16. The van der Waals surface area contributed by atoms with Crippen molar-refractivity contribution in [3.8, 4) is 0 Å². The number of anilines is 2. The number of nitrogens with two attached hydrogens (primary N) is 1. The van der Waals surface area contributed by atoms with Gasteiger partial charge in [-0.2, -0.15) is 0 Å². The smallest absolute Gasteiger partial charge is 0.129 e. The number of nitrogens with one attached hydrogen (secondary N) is 1. The van der Waals surface area contributed by atoms with Gasteiger partial charge in [-0.15, -0.1) is 0 Å². The Kier molecular flexibility index (Phi) is 4.15. The average Bonchev–Trinajstić information content (AvgIpc) is 2.77. The molecule has 0 saturated heterocycles. The van der Waals surface area contributed by atoms with Crippen LogP contribution in [0.4, 0.5) is 15.8 Å². The van der Waals surface area contributed by atoms with E-state index < -0.39 is 16.8 Å². The number of hydrogen-bond acceptors (Lipinski definition) is 4. The standard InChI is InChI=1S/C20H20FN3OS/c1-11-3-4-13-5-6-14-8-16(21)15(9-18(14)23-17(13)7-11)19-10-26(25)12(2)20(22)24-19/h3-9,12,19,23H,10H2,1-2H3,(H2,22,24). The Hall–Kier alpha value is -2.47. The van der Waals surface area contributed by atoms with Crippen molar-refractivity contribution in [2.24, 2.45) is 10.7 Å². The molecule has 3 N–H and O–H groups in total. The Morgan fingerprint density at radius 2 is 1.92 bits per heavy atom. The van der Waals surface area contributed by atoms with Gasteiger partial charge < -0.3 is 11.1 Å². The van der Waals surface area contributed by atoms with Gasteiger partial charge in [0, 0.05) is 33.3 Å². The van der Waals surface area contributed by atoms with Crippen LogP contribution < -0.4 is 11.1 Å². The molecule has 0 amide bonds. The minimum Gasteiger partial charge on any atom is -0.386 e. The molecule has 3 unspecified atom stereocenters. The van der Waals surface area contributed by atoms with Crippen molar-refractivity contribution in [3.63, 3.8) is 0 Å². The molecule has 2 aliphatic heterocycles. The Labute approximate surface area is 154 Å². The van der Waals surface area contributed by atoms with Crippen molar-refractivity contribution in [2.75, 3.05) is 11.1 Å². The van der Waals surface area contributed by atoms with E-state index in [9.17, 15) is 8.60 Å². The minimum absolute atomic E-state index is 0.281. The van der Waals surface area contributed by atoms with E-state index in [0.29, 0.717) is 11.4 Å². The molecule has 26 heavy (non-hydrogen) atoms. The van der Waals surface area contributed by atoms with Crippen molar-refractivity contribution in [3.05, 3.63) is 58.4 Å². The highest BCUT2D eigenvalue weighted by Gasteiger charge is 2.29. The number of amidine groups is 1. The van der Waals surface area contributed by atoms with E-state index in [1.165, 1.54) is 6.07 Å². The lowest BCUT2D eigenvalue weighted by atomic mass is 10.0. The van der Waals surface area contributed by atoms with Crippen LogP contribution in [0, 0.1) is 12.7 Å². The van der Waals surface area contributed by atoms with Crippen LogP contribution in [0.2, 0.25) is 0 Å². The number of nitrogens with zero attached hydrogens (tertiary/aromatic N) is 1. The molecule has 0 saturated carbocycles. The third kappa shape index (κ3) is 2.94. The summed E-state index contributed by atoms with van der Waals surface area (Å²) in [4.78, 5) is 4.39. The van der Waals surface area contributed by atoms with Crippen molar-refractivity contribution >= 4 is 40.2 Å². The Balaban J connectivity index is 1.78. The van der Waals surface area contributed by atoms with Gasteiger partial charge in [0.1, 0.15) is 11.7 Å². The van der Waals surface area contributed by atoms with Gasteiger partial charge in [-0.1, -0.05) is 24.3 Å². The van der Waals surface area contributed by atoms with Gasteiger partial charge in [-0.05, 0) is 43.2 Å². The van der Waals surface area contributed by atoms with E-state index in [4.69, 9.17) is 5.73 Å². The molecule has 2 aromatic rings. The van der Waals surface area contributed by atoms with Gasteiger partial charge in [0.2, 0.25) is 0 Å². The van der Waals surface area contributed by atoms with E-state index >= 15 is 0 Å². The molecule has 6 heteroatoms. The number of rotatable bonds is 1. The first-order valence-electron chi connectivity index (χ1n) is 8.52. The summed E-state index contributed by atoms with van der Waals surface area (Å²) in [6.45, 7) is 3.81. The van der Waals surface area contributed by atoms with Gasteiger partial charge in [0.05, 0.1) is 17.0 Å². The van der Waals surface area contributed by atoms with E-state index in [1.807, 2.05) is 31.2 Å². The second-order valence-electron chi connectivity index (χ2n) is 6.77. The Morgan fingerprint density at radius 1 is 1.19 bits per heavy atom. The number of halogens is 1. The number of fused-ring (bicyclic) bond motifs is 2. The van der Waals surface area contributed by atoms with Crippen LogP contribution in [0.25, 0.3) is 12.2 Å². The van der Waals surface area contributed by atoms with Crippen LogP contribution in [-0.2, 0) is 10.8 Å². The van der Waals surface area contributed by atoms with Crippen molar-refractivity contribution in [1.29, 1.82) is 0 Å². The second-order valence-corrected chi connectivity index (χ2v) is 8.57. The highest BCUT2D eigenvalue weighted by molar-refractivity contribution is 7.86. The first-order chi connectivity index (χ1) is 12.4. The van der Waals surface area contributed by atoms with E-state index in [0.717, 1.165) is 28.1 Å². The zero-order valence-corrected chi connectivity index (χ0v) is 15.4. The normalized spacial score (nSPS) is 24.1. The van der Waals surface area contributed by atoms with Gasteiger partial charge in [-0.3, -0.25) is 9.20 Å². The molecule has 0 bridgehead atoms. The fourth-order valence-corrected chi connectivity index (χ4v) is 4.46. The number of aliphatic imine (C=N–C) groups is 1. The van der Waals surface area contributed by atoms with Crippen molar-refractivity contribution in [2.45, 2.75) is 25.1 Å². The lowest BCUT2D eigenvalue weighted by Crippen LogP contribution is -2.37. The quantitative estimate of drug-likeness (QED) is 0.683. The summed E-state index contributed by atoms with van der Waals surface area (Å²) in [7, 11) is -1.16. The second kappa shape index (κ2) is 6.36. The molecule has 0 aliphatic carbocycles. The maximum atomic E-state index is 14.8. The van der Waals surface area contributed by atoms with Crippen LogP contribution in [0.15, 0.2) is 35.3 Å². The largest absolute Gasteiger partial charge is 0.386 e. The van der Waals surface area contributed by atoms with E-state index in [2.05, 4.69) is 16.4 Å². The lowest BCUT2D eigenvalue weighted by Gasteiger charge is -2.24. The molecular formula is C20H20FN3OS. The topological polar surface area (TPSA) is 67.5 Å². The fraction of sp³-hybridized carbons (Fsp3) is 0.250. The molecule has 4 rings (SSSR count). The summed E-state index contributed by atoms with van der Waals surface area (Å²) < 4.78 is 27.0. The van der Waals surface area contributed by atoms with E-state index in [1.54, 1.807) is 13.0 Å². The third-order valence-electron chi connectivity index (χ3n) is 4.89. The van der Waals surface area contributed by atoms with Crippen molar-refractivity contribution < 1.29 is 8.60 Å². The number of hydrogen-bond donors (Lipinski definition) is 2. The predicted octanol–water partition coefficient (Wildman–Crippen LogP) is 3.91. The monoisotopic (exact) mass is 369 g/mol. The summed E-state index contributed by atoms with van der Waals surface area (Å²) in [6.07, 6.45) is 3.87. The van der Waals surface area contributed by atoms with Crippen LogP contribution >= 0.6 is 0 Å². The van der Waals surface area contributed by atoms with Crippen molar-refractivity contribution in [1.82, 2.24) is 0 Å². The highest BCUT2D eigenvalue weighted by atomic mass is 32.2. The van der Waals surface area contributed by atoms with Gasteiger partial charge >= 0.3 is 0 Å². The summed E-state index contributed by atoms with van der Waals surface area (Å²) in [6, 6.07) is 8.88. The molecule has 0 fully saturated rings. The first-order valence-corrected chi connectivity index (χ1v) is 9.90. The lowest BCUT2D eigenvalue weighted by molar-refractivity contribution is 0.591. The summed E-state index contributed by atoms with van der Waals surface area (Å²) in [5, 5.41) is 3.11.